The van der Waals surface area contributed by atoms with Crippen molar-refractivity contribution in [2.45, 2.75) is 38.5 Å². The fourth-order valence-electron chi connectivity index (χ4n) is 4.58. The van der Waals surface area contributed by atoms with E-state index < -0.39 is 29.7 Å². The first-order chi connectivity index (χ1) is 17.7. The zero-order valence-corrected chi connectivity index (χ0v) is 19.9. The van der Waals surface area contributed by atoms with E-state index >= 15 is 0 Å². The van der Waals surface area contributed by atoms with E-state index in [1.165, 1.54) is 18.2 Å². The van der Waals surface area contributed by atoms with Gasteiger partial charge in [-0.25, -0.2) is 13.8 Å². The number of piperidine rings is 1. The summed E-state index contributed by atoms with van der Waals surface area (Å²) in [7, 11) is 0. The molecule has 37 heavy (non-hydrogen) atoms. The number of rotatable bonds is 6. The lowest BCUT2D eigenvalue weighted by Gasteiger charge is -2.37. The molecule has 2 aliphatic heterocycles. The fraction of sp³-hybridized carbons (Fsp3) is 0.440. The van der Waals surface area contributed by atoms with Crippen molar-refractivity contribution in [3.63, 3.8) is 0 Å². The molecular formula is C25H25F5N4O3. The predicted octanol–water partition coefficient (Wildman–Crippen LogP) is 4.91. The predicted molar refractivity (Wildman–Crippen MR) is 123 cm³/mol. The number of nitrogens with zero attached hydrogens (tertiary/aromatic N) is 4. The molecule has 3 aromatic rings. The summed E-state index contributed by atoms with van der Waals surface area (Å²) in [5.41, 5.74) is -0.0406. The summed E-state index contributed by atoms with van der Waals surface area (Å²) in [5.74, 6) is -0.669. The lowest BCUT2D eigenvalue weighted by molar-refractivity contribution is -0.137. The molecule has 2 saturated heterocycles. The van der Waals surface area contributed by atoms with Gasteiger partial charge < -0.3 is 19.1 Å². The number of aromatic nitrogens is 3. The molecular weight excluding hydrogens is 499 g/mol. The van der Waals surface area contributed by atoms with Crippen LogP contribution in [-0.4, -0.2) is 53.5 Å². The Morgan fingerprint density at radius 2 is 1.78 bits per heavy atom. The minimum atomic E-state index is -4.44. The van der Waals surface area contributed by atoms with Crippen LogP contribution in [0, 0.1) is 17.6 Å². The van der Waals surface area contributed by atoms with Gasteiger partial charge in [-0.1, -0.05) is 6.92 Å². The molecule has 0 unspecified atom stereocenters. The second kappa shape index (κ2) is 10.3. The van der Waals surface area contributed by atoms with Crippen LogP contribution in [0.1, 0.15) is 18.9 Å². The molecule has 2 aromatic heterocycles. The van der Waals surface area contributed by atoms with Crippen LogP contribution in [0.3, 0.4) is 0 Å². The molecule has 0 bridgehead atoms. The van der Waals surface area contributed by atoms with Crippen molar-refractivity contribution in [1.29, 1.82) is 0 Å². The third-order valence-electron chi connectivity index (χ3n) is 6.43. The number of alkyl halides is 3. The Morgan fingerprint density at radius 1 is 1.05 bits per heavy atom. The van der Waals surface area contributed by atoms with Gasteiger partial charge in [0.05, 0.1) is 31.0 Å². The molecule has 0 radical (unpaired) electrons. The summed E-state index contributed by atoms with van der Waals surface area (Å²) in [4.78, 5) is 5.90. The van der Waals surface area contributed by atoms with Crippen molar-refractivity contribution >= 4 is 5.82 Å². The maximum absolute atomic E-state index is 13.9. The summed E-state index contributed by atoms with van der Waals surface area (Å²) in [6.45, 7) is 4.13. The minimum Gasteiger partial charge on any atom is -0.473 e. The molecule has 4 heterocycles. The highest BCUT2D eigenvalue weighted by Crippen LogP contribution is 2.32. The molecule has 1 aromatic carbocycles. The smallest absolute Gasteiger partial charge is 0.417 e. The van der Waals surface area contributed by atoms with E-state index in [1.807, 2.05) is 11.8 Å². The van der Waals surface area contributed by atoms with E-state index in [1.54, 1.807) is 10.7 Å². The van der Waals surface area contributed by atoms with E-state index in [9.17, 15) is 22.0 Å². The molecule has 0 amide bonds. The molecule has 5 rings (SSSR count). The van der Waals surface area contributed by atoms with Crippen LogP contribution in [0.5, 0.6) is 5.88 Å². The molecule has 2 aliphatic rings. The molecule has 198 valence electrons. The van der Waals surface area contributed by atoms with E-state index in [4.69, 9.17) is 14.2 Å². The first kappa shape index (κ1) is 25.4. The van der Waals surface area contributed by atoms with Crippen LogP contribution in [0.15, 0.2) is 42.6 Å². The van der Waals surface area contributed by atoms with Crippen molar-refractivity contribution in [2.75, 3.05) is 31.2 Å². The third-order valence-corrected chi connectivity index (χ3v) is 6.43. The Bertz CT molecular complexity index is 1210. The maximum atomic E-state index is 13.9. The number of pyridine rings is 1. The topological polar surface area (TPSA) is 61.6 Å². The van der Waals surface area contributed by atoms with Gasteiger partial charge in [0, 0.05) is 49.3 Å². The van der Waals surface area contributed by atoms with Crippen LogP contribution in [0.4, 0.5) is 27.8 Å². The maximum Gasteiger partial charge on any atom is 0.417 e. The Balaban J connectivity index is 1.31. The summed E-state index contributed by atoms with van der Waals surface area (Å²) < 4.78 is 85.1. The van der Waals surface area contributed by atoms with Crippen LogP contribution in [-0.2, 0) is 22.2 Å². The van der Waals surface area contributed by atoms with Crippen LogP contribution < -0.4 is 9.64 Å². The number of benzene rings is 1. The van der Waals surface area contributed by atoms with Gasteiger partial charge in [-0.05, 0) is 24.3 Å². The average Bonchev–Trinajstić information content (AvgIpc) is 3.49. The monoisotopic (exact) mass is 524 g/mol. The Kier molecular flexibility index (Phi) is 7.04. The molecule has 12 heteroatoms. The van der Waals surface area contributed by atoms with Gasteiger partial charge in [-0.3, -0.25) is 4.68 Å². The lowest BCUT2D eigenvalue weighted by atomic mass is 9.96. The van der Waals surface area contributed by atoms with Crippen LogP contribution in [0.2, 0.25) is 0 Å². The highest BCUT2D eigenvalue weighted by Gasteiger charge is 2.33. The number of anilines is 1. The summed E-state index contributed by atoms with van der Waals surface area (Å²) in [6, 6.07) is 7.25. The lowest BCUT2D eigenvalue weighted by Crippen LogP contribution is -2.44. The highest BCUT2D eigenvalue weighted by molar-refractivity contribution is 5.61. The molecule has 0 N–H and O–H groups in total. The second-order valence-electron chi connectivity index (χ2n) is 9.15. The van der Waals surface area contributed by atoms with Gasteiger partial charge in [0.1, 0.15) is 23.6 Å². The molecule has 0 aliphatic carbocycles. The third kappa shape index (κ3) is 5.85. The zero-order chi connectivity index (χ0) is 26.2. The molecule has 7 nitrogen and oxygen atoms in total. The average molecular weight is 524 g/mol. The number of halogens is 5. The highest BCUT2D eigenvalue weighted by atomic mass is 19.4. The first-order valence-electron chi connectivity index (χ1n) is 11.9. The van der Waals surface area contributed by atoms with Gasteiger partial charge in [0.15, 0.2) is 6.29 Å². The first-order valence-corrected chi connectivity index (χ1v) is 11.9. The zero-order valence-electron chi connectivity index (χ0n) is 19.9. The van der Waals surface area contributed by atoms with E-state index in [2.05, 4.69) is 10.1 Å². The normalized spacial score (nSPS) is 21.0. The van der Waals surface area contributed by atoms with Crippen molar-refractivity contribution in [1.82, 2.24) is 14.8 Å². The van der Waals surface area contributed by atoms with Gasteiger partial charge in [0.25, 0.3) is 0 Å². The van der Waals surface area contributed by atoms with E-state index in [0.717, 1.165) is 18.3 Å². The number of ether oxygens (including phenoxy) is 3. The molecule has 2 atom stereocenters. The van der Waals surface area contributed by atoms with Gasteiger partial charge in [-0.2, -0.15) is 13.2 Å². The summed E-state index contributed by atoms with van der Waals surface area (Å²) >= 11 is 0. The standard InChI is InChI=1S/C25H25F5N4O3/c1-15-13-33(22-3-2-17(12-31-22)25(28,29)30)5-4-21(15)37-23-11-20(16-8-18(26)10-19(27)9-16)34(32-23)14-24-35-6-7-36-24/h2-3,8-12,15,21,24H,4-7,13-14H2,1H3/t15-,21-/m0/s1. The van der Waals surface area contributed by atoms with Gasteiger partial charge in [0.2, 0.25) is 5.88 Å². The van der Waals surface area contributed by atoms with Crippen LogP contribution in [0.25, 0.3) is 11.3 Å². The van der Waals surface area contributed by atoms with Gasteiger partial charge >= 0.3 is 6.18 Å². The van der Waals surface area contributed by atoms with E-state index in [-0.39, 0.29) is 24.4 Å². The van der Waals surface area contributed by atoms with Crippen molar-refractivity contribution in [2.24, 2.45) is 5.92 Å². The fourth-order valence-corrected chi connectivity index (χ4v) is 4.58. The number of hydrogen-bond acceptors (Lipinski definition) is 6. The summed E-state index contributed by atoms with van der Waals surface area (Å²) in [5, 5.41) is 4.50. The Hall–Kier alpha value is -3.25. The SMILES string of the molecule is C[C@H]1CN(c2ccc(C(F)(F)F)cn2)CC[C@@H]1Oc1cc(-c2cc(F)cc(F)c2)n(CC2OCCO2)n1. The molecule has 2 fully saturated rings. The molecule has 0 spiro atoms. The second-order valence-corrected chi connectivity index (χ2v) is 9.15. The molecule has 0 saturated carbocycles. The summed E-state index contributed by atoms with van der Waals surface area (Å²) in [6.07, 6.45) is -3.79. The van der Waals surface area contributed by atoms with Crippen molar-refractivity contribution in [3.05, 3.63) is 59.8 Å². The van der Waals surface area contributed by atoms with E-state index in [0.29, 0.717) is 49.8 Å². The van der Waals surface area contributed by atoms with Gasteiger partial charge in [-0.15, -0.1) is 5.10 Å². The quantitative estimate of drug-likeness (QED) is 0.427. The Labute approximate surface area is 209 Å². The number of hydrogen-bond donors (Lipinski definition) is 0. The van der Waals surface area contributed by atoms with Crippen LogP contribution >= 0.6 is 0 Å². The largest absolute Gasteiger partial charge is 0.473 e. The minimum absolute atomic E-state index is 0.000412. The van der Waals surface area contributed by atoms with Crippen molar-refractivity contribution < 1.29 is 36.2 Å². The van der Waals surface area contributed by atoms with Crippen molar-refractivity contribution in [3.8, 4) is 17.1 Å². The Morgan fingerprint density at radius 3 is 2.41 bits per heavy atom.